The van der Waals surface area contributed by atoms with Crippen LogP contribution in [0.1, 0.15) is 12.1 Å². The summed E-state index contributed by atoms with van der Waals surface area (Å²) < 4.78 is 37.9. The first-order chi connectivity index (χ1) is 8.56. The molecule has 0 aliphatic carbocycles. The molecule has 0 amide bonds. The second kappa shape index (κ2) is 7.10. The molecule has 0 N–H and O–H groups in total. The van der Waals surface area contributed by atoms with Crippen LogP contribution in [0.15, 0.2) is 28.4 Å². The van der Waals surface area contributed by atoms with Gasteiger partial charge < -0.3 is 9.40 Å². The molecule has 0 atom stereocenters. The van der Waals surface area contributed by atoms with E-state index in [1.807, 2.05) is 0 Å². The van der Waals surface area contributed by atoms with Crippen LogP contribution in [0.3, 0.4) is 0 Å². The number of imidazole rings is 1. The Balaban J connectivity index is 2.56. The van der Waals surface area contributed by atoms with Crippen molar-refractivity contribution in [1.29, 1.82) is 0 Å². The van der Waals surface area contributed by atoms with Crippen LogP contribution >= 0.6 is 11.8 Å². The molecule has 0 unspecified atom stereocenters. The summed E-state index contributed by atoms with van der Waals surface area (Å²) in [4.78, 5) is 8.59. The molecule has 0 aromatic carbocycles. The highest BCUT2D eigenvalue weighted by Crippen LogP contribution is 2.21. The molecule has 0 saturated carbocycles. The smallest absolute Gasteiger partial charge is 0.301 e. The van der Waals surface area contributed by atoms with Crippen molar-refractivity contribution in [2.24, 2.45) is 12.2 Å². The molecule has 0 aliphatic rings. The van der Waals surface area contributed by atoms with Gasteiger partial charge in [0.05, 0.1) is 18.1 Å². The summed E-state index contributed by atoms with van der Waals surface area (Å²) in [5.41, 5.74) is 0.701. The average Bonchev–Trinajstić information content (AvgIpc) is 2.68. The van der Waals surface area contributed by atoms with Crippen LogP contribution < -0.4 is 0 Å². The first-order valence-electron chi connectivity index (χ1n) is 4.97. The Labute approximate surface area is 107 Å². The highest BCUT2D eigenvalue weighted by Gasteiger charge is 2.08. The lowest BCUT2D eigenvalue weighted by Gasteiger charge is -2.02. The number of thioether (sulfide) groups is 1. The van der Waals surface area contributed by atoms with E-state index in [1.54, 1.807) is 17.8 Å². The van der Waals surface area contributed by atoms with E-state index in [0.717, 1.165) is 0 Å². The second-order valence-corrected chi connectivity index (χ2v) is 4.27. The number of nitrogens with zero attached hydrogens (tertiary/aromatic N) is 3. The van der Waals surface area contributed by atoms with Crippen LogP contribution in [0, 0.1) is 0 Å². The zero-order chi connectivity index (χ0) is 13.5. The number of hydrogen-bond acceptors (Lipinski definition) is 4. The van der Waals surface area contributed by atoms with Gasteiger partial charge in [-0.25, -0.2) is 9.37 Å². The van der Waals surface area contributed by atoms with Crippen molar-refractivity contribution < 1.29 is 18.0 Å². The Bertz CT molecular complexity index is 455. The van der Waals surface area contributed by atoms with Crippen molar-refractivity contribution in [3.63, 3.8) is 0 Å². The number of halogens is 3. The zero-order valence-electron chi connectivity index (χ0n) is 9.86. The fraction of sp³-hybridized carbons (Fsp3) is 0.400. The predicted octanol–water partition coefficient (Wildman–Crippen LogP) is 2.96. The molecule has 0 radical (unpaired) electrons. The molecule has 1 aromatic rings. The van der Waals surface area contributed by atoms with E-state index >= 15 is 0 Å². The van der Waals surface area contributed by atoms with E-state index in [9.17, 15) is 13.2 Å². The molecule has 1 heterocycles. The first kappa shape index (κ1) is 14.6. The summed E-state index contributed by atoms with van der Waals surface area (Å²) in [5, 5.41) is 4.18. The lowest BCUT2D eigenvalue weighted by Crippen LogP contribution is -1.97. The zero-order valence-corrected chi connectivity index (χ0v) is 10.7. The molecule has 0 bridgehead atoms. The highest BCUT2D eigenvalue weighted by atomic mass is 32.2. The Morgan fingerprint density at radius 2 is 2.28 bits per heavy atom. The van der Waals surface area contributed by atoms with Crippen molar-refractivity contribution in [1.82, 2.24) is 9.55 Å². The number of rotatable bonds is 6. The van der Waals surface area contributed by atoms with Gasteiger partial charge in [-0.2, -0.15) is 8.78 Å². The van der Waals surface area contributed by atoms with Crippen LogP contribution in [0.2, 0.25) is 0 Å². The summed E-state index contributed by atoms with van der Waals surface area (Å²) in [7, 11) is 3.16. The van der Waals surface area contributed by atoms with Crippen LogP contribution in [-0.2, 0) is 11.9 Å². The van der Waals surface area contributed by atoms with E-state index in [1.165, 1.54) is 25.1 Å². The standard InChI is InChI=1S/C10H12F3N3OS/c1-16-7(6-15-17-2)5-14-10(16)18-4-3-8(11)9(12)13/h5-6H,3-4H2,1-2H3/b15-6+. The fourth-order valence-electron chi connectivity index (χ4n) is 1.09. The fourth-order valence-corrected chi connectivity index (χ4v) is 1.98. The van der Waals surface area contributed by atoms with E-state index in [2.05, 4.69) is 15.0 Å². The molecule has 0 aliphatic heterocycles. The van der Waals surface area contributed by atoms with Crippen LogP contribution in [0.25, 0.3) is 0 Å². The third-order valence-electron chi connectivity index (χ3n) is 2.03. The number of oxime groups is 1. The maximum atomic E-state index is 12.6. The topological polar surface area (TPSA) is 39.4 Å². The third kappa shape index (κ3) is 4.10. The monoisotopic (exact) mass is 279 g/mol. The van der Waals surface area contributed by atoms with Gasteiger partial charge in [0.25, 0.3) is 0 Å². The highest BCUT2D eigenvalue weighted by molar-refractivity contribution is 7.99. The molecule has 4 nitrogen and oxygen atoms in total. The van der Waals surface area contributed by atoms with Gasteiger partial charge in [0.1, 0.15) is 7.11 Å². The van der Waals surface area contributed by atoms with Crippen molar-refractivity contribution in [3.8, 4) is 0 Å². The molecular formula is C10H12F3N3OS. The SMILES string of the molecule is CO/N=C/c1cnc(SCCC(F)=C(F)F)n1C. The number of allylic oxidation sites excluding steroid dienone is 1. The van der Waals surface area contributed by atoms with E-state index in [0.29, 0.717) is 10.9 Å². The third-order valence-corrected chi connectivity index (χ3v) is 3.08. The lowest BCUT2D eigenvalue weighted by atomic mass is 10.4. The maximum Gasteiger partial charge on any atom is 0.301 e. The van der Waals surface area contributed by atoms with Crippen LogP contribution in [0.5, 0.6) is 0 Å². The summed E-state index contributed by atoms with van der Waals surface area (Å²) >= 11 is 1.19. The normalized spacial score (nSPS) is 10.9. The van der Waals surface area contributed by atoms with E-state index in [-0.39, 0.29) is 12.2 Å². The van der Waals surface area contributed by atoms with Gasteiger partial charge in [-0.3, -0.25) is 0 Å². The van der Waals surface area contributed by atoms with Gasteiger partial charge in [0.15, 0.2) is 11.0 Å². The first-order valence-corrected chi connectivity index (χ1v) is 5.95. The van der Waals surface area contributed by atoms with Gasteiger partial charge in [-0.1, -0.05) is 16.9 Å². The Kier molecular flexibility index (Phi) is 5.76. The quantitative estimate of drug-likeness (QED) is 0.456. The van der Waals surface area contributed by atoms with E-state index < -0.39 is 11.9 Å². The number of hydrogen-bond donors (Lipinski definition) is 0. The Morgan fingerprint density at radius 3 is 2.89 bits per heavy atom. The molecule has 18 heavy (non-hydrogen) atoms. The van der Waals surface area contributed by atoms with Crippen molar-refractivity contribution >= 4 is 18.0 Å². The van der Waals surface area contributed by atoms with Gasteiger partial charge in [-0.05, 0) is 0 Å². The van der Waals surface area contributed by atoms with Crippen molar-refractivity contribution in [2.45, 2.75) is 11.6 Å². The van der Waals surface area contributed by atoms with Crippen LogP contribution in [-0.4, -0.2) is 28.6 Å². The molecule has 1 rings (SSSR count). The summed E-state index contributed by atoms with van der Waals surface area (Å²) in [5.74, 6) is -1.19. The molecule has 1 aromatic heterocycles. The predicted molar refractivity (Wildman–Crippen MR) is 63.5 cm³/mol. The molecule has 8 heteroatoms. The summed E-state index contributed by atoms with van der Waals surface area (Å²) in [6.07, 6.45) is 0.454. The van der Waals surface area contributed by atoms with Gasteiger partial charge in [-0.15, -0.1) is 0 Å². The largest absolute Gasteiger partial charge is 0.399 e. The molecule has 0 fully saturated rings. The average molecular weight is 279 g/mol. The van der Waals surface area contributed by atoms with Crippen molar-refractivity contribution in [2.75, 3.05) is 12.9 Å². The number of aromatic nitrogens is 2. The second-order valence-electron chi connectivity index (χ2n) is 3.21. The van der Waals surface area contributed by atoms with Gasteiger partial charge in [0.2, 0.25) is 0 Å². The lowest BCUT2D eigenvalue weighted by molar-refractivity contribution is 0.215. The summed E-state index contributed by atoms with van der Waals surface area (Å²) in [6, 6.07) is 0. The minimum Gasteiger partial charge on any atom is -0.399 e. The van der Waals surface area contributed by atoms with Gasteiger partial charge in [0, 0.05) is 19.2 Å². The molecular weight excluding hydrogens is 267 g/mol. The summed E-state index contributed by atoms with van der Waals surface area (Å²) in [6.45, 7) is 0. The minimum absolute atomic E-state index is 0.189. The Morgan fingerprint density at radius 1 is 1.56 bits per heavy atom. The Hall–Kier alpha value is -1.44. The van der Waals surface area contributed by atoms with E-state index in [4.69, 9.17) is 0 Å². The minimum atomic E-state index is -2.26. The van der Waals surface area contributed by atoms with Crippen molar-refractivity contribution in [3.05, 3.63) is 23.8 Å². The van der Waals surface area contributed by atoms with Gasteiger partial charge >= 0.3 is 6.08 Å². The molecule has 0 spiro atoms. The molecule has 100 valence electrons. The maximum absolute atomic E-state index is 12.6. The van der Waals surface area contributed by atoms with Crippen LogP contribution in [0.4, 0.5) is 13.2 Å². The molecule has 0 saturated heterocycles.